The Kier molecular flexibility index (Phi) is 5.06. The molecule has 1 aromatic rings. The fraction of sp³-hybridized carbons (Fsp3) is 0.647. The van der Waals surface area contributed by atoms with Crippen LogP contribution in [0.25, 0.3) is 0 Å². The van der Waals surface area contributed by atoms with Crippen LogP contribution in [0.1, 0.15) is 44.6 Å². The Balaban J connectivity index is 1.57. The molecule has 1 heterocycles. The average molecular weight is 339 g/mol. The normalized spacial score (nSPS) is 24.1. The monoisotopic (exact) mass is 339 g/mol. The Bertz CT molecular complexity index is 620. The number of rotatable bonds is 5. The highest BCUT2D eigenvalue weighted by Crippen LogP contribution is 2.37. The average Bonchev–Trinajstić information content (AvgIpc) is 2.96. The first-order valence-corrected chi connectivity index (χ1v) is 9.92. The third kappa shape index (κ3) is 3.94. The van der Waals surface area contributed by atoms with Gasteiger partial charge in [0.1, 0.15) is 0 Å². The highest BCUT2D eigenvalue weighted by molar-refractivity contribution is 7.89. The molecule has 23 heavy (non-hydrogen) atoms. The first kappa shape index (κ1) is 16.9. The summed E-state index contributed by atoms with van der Waals surface area (Å²) in [5.41, 5.74) is 1.12. The minimum atomic E-state index is -3.50. The van der Waals surface area contributed by atoms with Crippen LogP contribution in [0.5, 0.6) is 0 Å². The lowest BCUT2D eigenvalue weighted by molar-refractivity contribution is -0.186. The summed E-state index contributed by atoms with van der Waals surface area (Å²) < 4.78 is 39.2. The van der Waals surface area contributed by atoms with Gasteiger partial charge in [-0.3, -0.25) is 0 Å². The van der Waals surface area contributed by atoms with Crippen LogP contribution in [-0.4, -0.2) is 33.5 Å². The summed E-state index contributed by atoms with van der Waals surface area (Å²) in [6.07, 6.45) is 5.95. The van der Waals surface area contributed by atoms with Crippen molar-refractivity contribution in [2.75, 3.05) is 13.2 Å². The molecule has 2 fully saturated rings. The molecule has 3 rings (SSSR count). The Hall–Kier alpha value is -0.950. The lowest BCUT2D eigenvalue weighted by Gasteiger charge is -2.31. The van der Waals surface area contributed by atoms with Crippen molar-refractivity contribution in [3.63, 3.8) is 0 Å². The van der Waals surface area contributed by atoms with Crippen LogP contribution < -0.4 is 4.72 Å². The molecule has 1 atom stereocenters. The summed E-state index contributed by atoms with van der Waals surface area (Å²) in [7, 11) is -3.50. The maximum atomic E-state index is 12.3. The molecule has 6 heteroatoms. The predicted octanol–water partition coefficient (Wildman–Crippen LogP) is 2.60. The Morgan fingerprint density at radius 2 is 1.87 bits per heavy atom. The SMILES string of the molecule is CCc1ccc(S(=O)(=O)NC[C@@H]2COC3(CCCCC3)O2)cc1. The molecule has 1 N–H and O–H groups in total. The number of sulfonamides is 1. The fourth-order valence-corrected chi connectivity index (χ4v) is 4.33. The Morgan fingerprint density at radius 3 is 2.52 bits per heavy atom. The van der Waals surface area contributed by atoms with E-state index in [-0.39, 0.29) is 12.6 Å². The van der Waals surface area contributed by atoms with Crippen LogP contribution in [0.3, 0.4) is 0 Å². The first-order valence-electron chi connectivity index (χ1n) is 8.43. The lowest BCUT2D eigenvalue weighted by atomic mass is 9.94. The molecule has 0 aromatic heterocycles. The molecule has 0 unspecified atom stereocenters. The summed E-state index contributed by atoms with van der Waals surface area (Å²) >= 11 is 0. The summed E-state index contributed by atoms with van der Waals surface area (Å²) in [5.74, 6) is -0.461. The van der Waals surface area contributed by atoms with Gasteiger partial charge in [0.2, 0.25) is 10.0 Å². The van der Waals surface area contributed by atoms with Gasteiger partial charge in [0.15, 0.2) is 5.79 Å². The van der Waals surface area contributed by atoms with Crippen molar-refractivity contribution in [1.82, 2.24) is 4.72 Å². The zero-order chi connectivity index (χ0) is 16.3. The molecule has 1 spiro atoms. The van der Waals surface area contributed by atoms with Gasteiger partial charge in [-0.25, -0.2) is 13.1 Å². The summed E-state index contributed by atoms with van der Waals surface area (Å²) in [6.45, 7) is 2.75. The Morgan fingerprint density at radius 1 is 1.17 bits per heavy atom. The van der Waals surface area contributed by atoms with Crippen molar-refractivity contribution in [3.8, 4) is 0 Å². The van der Waals surface area contributed by atoms with E-state index in [4.69, 9.17) is 9.47 Å². The standard InChI is InChI=1S/C17H25NO4S/c1-2-14-6-8-16(9-7-14)23(19,20)18-12-15-13-21-17(22-15)10-4-3-5-11-17/h6-9,15,18H,2-5,10-13H2,1H3/t15-/m1/s1. The number of ether oxygens (including phenoxy) is 2. The molecule has 0 radical (unpaired) electrons. The van der Waals surface area contributed by atoms with Crippen LogP contribution >= 0.6 is 0 Å². The van der Waals surface area contributed by atoms with E-state index in [1.165, 1.54) is 6.42 Å². The van der Waals surface area contributed by atoms with Gasteiger partial charge in [0.05, 0.1) is 17.6 Å². The smallest absolute Gasteiger partial charge is 0.240 e. The first-order chi connectivity index (χ1) is 11.0. The van der Waals surface area contributed by atoms with Crippen molar-refractivity contribution in [2.24, 2.45) is 0 Å². The van der Waals surface area contributed by atoms with Crippen molar-refractivity contribution in [1.29, 1.82) is 0 Å². The largest absolute Gasteiger partial charge is 0.347 e. The van der Waals surface area contributed by atoms with Crippen molar-refractivity contribution in [3.05, 3.63) is 29.8 Å². The van der Waals surface area contributed by atoms with Gasteiger partial charge in [-0.05, 0) is 37.0 Å². The Labute approximate surface area is 138 Å². The van der Waals surface area contributed by atoms with Gasteiger partial charge < -0.3 is 9.47 Å². The van der Waals surface area contributed by atoms with E-state index < -0.39 is 15.8 Å². The van der Waals surface area contributed by atoms with E-state index in [1.54, 1.807) is 12.1 Å². The summed E-state index contributed by atoms with van der Waals surface area (Å²) in [5, 5.41) is 0. The molecule has 1 aliphatic carbocycles. The van der Waals surface area contributed by atoms with Crippen molar-refractivity contribution >= 4 is 10.0 Å². The molecule has 1 saturated heterocycles. The van der Waals surface area contributed by atoms with E-state index in [0.717, 1.165) is 37.7 Å². The molecule has 5 nitrogen and oxygen atoms in total. The second-order valence-electron chi connectivity index (χ2n) is 6.37. The predicted molar refractivity (Wildman–Crippen MR) is 87.6 cm³/mol. The molecule has 1 saturated carbocycles. The van der Waals surface area contributed by atoms with Gasteiger partial charge in [-0.15, -0.1) is 0 Å². The van der Waals surface area contributed by atoms with Gasteiger partial charge in [0.25, 0.3) is 0 Å². The molecule has 128 valence electrons. The minimum absolute atomic E-state index is 0.210. The maximum absolute atomic E-state index is 12.3. The topological polar surface area (TPSA) is 64.6 Å². The van der Waals surface area contributed by atoms with Gasteiger partial charge in [-0.2, -0.15) is 0 Å². The highest BCUT2D eigenvalue weighted by atomic mass is 32.2. The zero-order valence-electron chi connectivity index (χ0n) is 13.6. The number of hydrogen-bond acceptors (Lipinski definition) is 4. The zero-order valence-corrected chi connectivity index (χ0v) is 14.4. The third-order valence-electron chi connectivity index (χ3n) is 4.67. The molecule has 1 aliphatic heterocycles. The fourth-order valence-electron chi connectivity index (χ4n) is 3.26. The van der Waals surface area contributed by atoms with Crippen LogP contribution in [0.4, 0.5) is 0 Å². The lowest BCUT2D eigenvalue weighted by Crippen LogP contribution is -2.37. The van der Waals surface area contributed by atoms with Gasteiger partial charge >= 0.3 is 0 Å². The van der Waals surface area contributed by atoms with Crippen molar-refractivity contribution < 1.29 is 17.9 Å². The second kappa shape index (κ2) is 6.89. The van der Waals surface area contributed by atoms with Gasteiger partial charge in [-0.1, -0.05) is 25.5 Å². The molecule has 0 bridgehead atoms. The second-order valence-corrected chi connectivity index (χ2v) is 8.14. The highest BCUT2D eigenvalue weighted by Gasteiger charge is 2.42. The summed E-state index contributed by atoms with van der Waals surface area (Å²) in [6, 6.07) is 6.99. The molecular formula is C17H25NO4S. The van der Waals surface area contributed by atoms with Crippen LogP contribution in [0.2, 0.25) is 0 Å². The number of nitrogens with one attached hydrogen (secondary N) is 1. The minimum Gasteiger partial charge on any atom is -0.347 e. The maximum Gasteiger partial charge on any atom is 0.240 e. The van der Waals surface area contributed by atoms with Crippen LogP contribution in [0, 0.1) is 0 Å². The number of aryl methyl sites for hydroxylation is 1. The number of hydrogen-bond donors (Lipinski definition) is 1. The van der Waals surface area contributed by atoms with E-state index in [1.807, 2.05) is 19.1 Å². The quantitative estimate of drug-likeness (QED) is 0.895. The van der Waals surface area contributed by atoms with E-state index in [0.29, 0.717) is 11.5 Å². The van der Waals surface area contributed by atoms with Gasteiger partial charge in [0, 0.05) is 19.4 Å². The van der Waals surface area contributed by atoms with E-state index in [9.17, 15) is 8.42 Å². The molecule has 0 amide bonds. The van der Waals surface area contributed by atoms with Crippen LogP contribution in [-0.2, 0) is 25.9 Å². The van der Waals surface area contributed by atoms with Crippen molar-refractivity contribution in [2.45, 2.75) is 62.2 Å². The number of benzene rings is 1. The molecule has 2 aliphatic rings. The van der Waals surface area contributed by atoms with E-state index >= 15 is 0 Å². The van der Waals surface area contributed by atoms with E-state index in [2.05, 4.69) is 4.72 Å². The summed E-state index contributed by atoms with van der Waals surface area (Å²) in [4.78, 5) is 0.293. The molecular weight excluding hydrogens is 314 g/mol. The third-order valence-corrected chi connectivity index (χ3v) is 6.11. The molecule has 1 aromatic carbocycles. The van der Waals surface area contributed by atoms with Crippen LogP contribution in [0.15, 0.2) is 29.2 Å².